The Morgan fingerprint density at radius 3 is 1.50 bits per heavy atom. The fourth-order valence-corrected chi connectivity index (χ4v) is 1.25. The van der Waals surface area contributed by atoms with E-state index in [1.807, 2.05) is 0 Å². The topological polar surface area (TPSA) is 26.0 Å². The van der Waals surface area contributed by atoms with Crippen LogP contribution >= 0.6 is 0 Å². The van der Waals surface area contributed by atoms with E-state index in [4.69, 9.17) is 5.73 Å². The fourth-order valence-electron chi connectivity index (χ4n) is 1.25. The summed E-state index contributed by atoms with van der Waals surface area (Å²) in [5, 5.41) is 0. The third-order valence-electron chi connectivity index (χ3n) is 1.92. The zero-order valence-electron chi connectivity index (χ0n) is 7.73. The number of benzene rings is 1. The van der Waals surface area contributed by atoms with E-state index in [-0.39, 0.29) is 5.69 Å². The Labute approximate surface area is 86.9 Å². The van der Waals surface area contributed by atoms with Gasteiger partial charge < -0.3 is 5.73 Å². The molecule has 0 saturated carbocycles. The average molecular weight is 243 g/mol. The van der Waals surface area contributed by atoms with Gasteiger partial charge in [-0.05, 0) is 17.7 Å². The van der Waals surface area contributed by atoms with Crippen molar-refractivity contribution < 1.29 is 26.3 Å². The smallest absolute Gasteiger partial charge is 0.399 e. The van der Waals surface area contributed by atoms with Gasteiger partial charge in [-0.2, -0.15) is 26.3 Å². The number of alkyl halides is 6. The van der Waals surface area contributed by atoms with Crippen LogP contribution in [-0.2, 0) is 0 Å². The standard InChI is InChI=1S/C9H7F6N/c10-8(11,12)7(9(13,14)15)5-1-3-6(16)4-2-5/h1-4,7H,16H2. The molecule has 0 aliphatic heterocycles. The zero-order chi connectivity index (χ0) is 12.6. The molecular formula is C9H7F6N. The van der Waals surface area contributed by atoms with Crippen molar-refractivity contribution in [3.63, 3.8) is 0 Å². The lowest BCUT2D eigenvalue weighted by Gasteiger charge is -2.23. The molecule has 0 radical (unpaired) electrons. The minimum absolute atomic E-state index is 0.104. The van der Waals surface area contributed by atoms with Gasteiger partial charge in [-0.25, -0.2) is 0 Å². The number of halogens is 6. The van der Waals surface area contributed by atoms with Gasteiger partial charge in [-0.3, -0.25) is 0 Å². The van der Waals surface area contributed by atoms with Crippen molar-refractivity contribution in [2.24, 2.45) is 0 Å². The molecule has 1 nitrogen and oxygen atoms in total. The second-order valence-corrected chi connectivity index (χ2v) is 3.18. The molecule has 0 aliphatic rings. The monoisotopic (exact) mass is 243 g/mol. The lowest BCUT2D eigenvalue weighted by Crippen LogP contribution is -2.34. The highest BCUT2D eigenvalue weighted by molar-refractivity contribution is 5.40. The molecule has 0 aromatic heterocycles. The van der Waals surface area contributed by atoms with Crippen molar-refractivity contribution in [2.75, 3.05) is 5.73 Å². The van der Waals surface area contributed by atoms with Gasteiger partial charge in [0.15, 0.2) is 5.92 Å². The van der Waals surface area contributed by atoms with Gasteiger partial charge >= 0.3 is 12.4 Å². The summed E-state index contributed by atoms with van der Waals surface area (Å²) in [6, 6.07) is 3.45. The third kappa shape index (κ3) is 2.80. The van der Waals surface area contributed by atoms with E-state index in [1.54, 1.807) is 0 Å². The van der Waals surface area contributed by atoms with Gasteiger partial charge in [0, 0.05) is 5.69 Å². The lowest BCUT2D eigenvalue weighted by atomic mass is 9.98. The van der Waals surface area contributed by atoms with Crippen LogP contribution in [-0.4, -0.2) is 12.4 Å². The lowest BCUT2D eigenvalue weighted by molar-refractivity contribution is -0.253. The van der Waals surface area contributed by atoms with Crippen LogP contribution in [0.2, 0.25) is 0 Å². The van der Waals surface area contributed by atoms with E-state index in [2.05, 4.69) is 0 Å². The first-order chi connectivity index (χ1) is 7.12. The molecule has 0 amide bonds. The summed E-state index contributed by atoms with van der Waals surface area (Å²) in [6.45, 7) is 0. The highest BCUT2D eigenvalue weighted by atomic mass is 19.4. The van der Waals surface area contributed by atoms with Gasteiger partial charge in [-0.15, -0.1) is 0 Å². The molecule has 0 bridgehead atoms. The Bertz CT molecular complexity index is 336. The predicted octanol–water partition coefficient (Wildman–Crippen LogP) is 3.48. The van der Waals surface area contributed by atoms with Crippen molar-refractivity contribution in [2.45, 2.75) is 18.3 Å². The second kappa shape index (κ2) is 3.88. The van der Waals surface area contributed by atoms with Gasteiger partial charge in [-0.1, -0.05) is 12.1 Å². The molecule has 0 atom stereocenters. The van der Waals surface area contributed by atoms with Crippen molar-refractivity contribution in [3.8, 4) is 0 Å². The van der Waals surface area contributed by atoms with Crippen molar-refractivity contribution >= 4 is 5.69 Å². The minimum Gasteiger partial charge on any atom is -0.399 e. The van der Waals surface area contributed by atoms with Crippen molar-refractivity contribution in [3.05, 3.63) is 29.8 Å². The maximum atomic E-state index is 12.3. The summed E-state index contributed by atoms with van der Waals surface area (Å²) in [6.07, 6.45) is -10.7. The molecule has 1 rings (SSSR count). The third-order valence-corrected chi connectivity index (χ3v) is 1.92. The molecule has 1 aromatic rings. The number of hydrogen-bond donors (Lipinski definition) is 1. The van der Waals surface area contributed by atoms with E-state index < -0.39 is 23.8 Å². The SMILES string of the molecule is Nc1ccc(C(C(F)(F)F)C(F)(F)F)cc1. The Morgan fingerprint density at radius 1 is 0.812 bits per heavy atom. The number of anilines is 1. The normalized spacial score (nSPS) is 13.2. The molecule has 2 N–H and O–H groups in total. The van der Waals surface area contributed by atoms with E-state index in [0.717, 1.165) is 24.3 Å². The number of rotatable bonds is 1. The molecule has 0 saturated heterocycles. The maximum absolute atomic E-state index is 12.3. The molecule has 0 unspecified atom stereocenters. The summed E-state index contributed by atoms with van der Waals surface area (Å²) < 4.78 is 73.5. The van der Waals surface area contributed by atoms with Gasteiger partial charge in [0.25, 0.3) is 0 Å². The van der Waals surface area contributed by atoms with Crippen LogP contribution < -0.4 is 5.73 Å². The molecule has 0 fully saturated rings. The van der Waals surface area contributed by atoms with Crippen LogP contribution in [0.15, 0.2) is 24.3 Å². The largest absolute Gasteiger partial charge is 0.404 e. The average Bonchev–Trinajstić information content (AvgIpc) is 2.03. The first kappa shape index (κ1) is 12.7. The molecule has 0 heterocycles. The number of hydrogen-bond acceptors (Lipinski definition) is 1. The van der Waals surface area contributed by atoms with E-state index in [0.29, 0.717) is 0 Å². The molecule has 1 aromatic carbocycles. The highest BCUT2D eigenvalue weighted by Gasteiger charge is 2.57. The van der Waals surface area contributed by atoms with Crippen LogP contribution in [0.25, 0.3) is 0 Å². The molecule has 7 heteroatoms. The molecule has 0 spiro atoms. The molecular weight excluding hydrogens is 236 g/mol. The highest BCUT2D eigenvalue weighted by Crippen LogP contribution is 2.46. The Kier molecular flexibility index (Phi) is 3.07. The molecule has 16 heavy (non-hydrogen) atoms. The van der Waals surface area contributed by atoms with Crippen LogP contribution in [0.5, 0.6) is 0 Å². The van der Waals surface area contributed by atoms with Gasteiger partial charge in [0.2, 0.25) is 0 Å². The van der Waals surface area contributed by atoms with E-state index >= 15 is 0 Å². The maximum Gasteiger partial charge on any atom is 0.404 e. The predicted molar refractivity (Wildman–Crippen MR) is 45.7 cm³/mol. The van der Waals surface area contributed by atoms with Crippen LogP contribution in [0.3, 0.4) is 0 Å². The minimum atomic E-state index is -5.37. The fraction of sp³-hybridized carbons (Fsp3) is 0.333. The number of nitrogen functional groups attached to an aromatic ring is 1. The Hall–Kier alpha value is -1.40. The van der Waals surface area contributed by atoms with Crippen LogP contribution in [0.1, 0.15) is 11.5 Å². The van der Waals surface area contributed by atoms with E-state index in [1.165, 1.54) is 0 Å². The van der Waals surface area contributed by atoms with Crippen molar-refractivity contribution in [1.29, 1.82) is 0 Å². The summed E-state index contributed by atoms with van der Waals surface area (Å²) in [7, 11) is 0. The summed E-state index contributed by atoms with van der Waals surface area (Å²) in [4.78, 5) is 0. The van der Waals surface area contributed by atoms with Gasteiger partial charge in [0.05, 0.1) is 0 Å². The summed E-state index contributed by atoms with van der Waals surface area (Å²) in [5.41, 5.74) is 4.42. The first-order valence-corrected chi connectivity index (χ1v) is 4.11. The van der Waals surface area contributed by atoms with E-state index in [9.17, 15) is 26.3 Å². The molecule has 0 aliphatic carbocycles. The Morgan fingerprint density at radius 2 is 1.19 bits per heavy atom. The Balaban J connectivity index is 3.18. The van der Waals surface area contributed by atoms with Crippen LogP contribution in [0.4, 0.5) is 32.0 Å². The number of nitrogens with two attached hydrogens (primary N) is 1. The van der Waals surface area contributed by atoms with Gasteiger partial charge in [0.1, 0.15) is 0 Å². The van der Waals surface area contributed by atoms with Crippen molar-refractivity contribution in [1.82, 2.24) is 0 Å². The quantitative estimate of drug-likeness (QED) is 0.593. The zero-order valence-corrected chi connectivity index (χ0v) is 7.73. The summed E-state index contributed by atoms with van der Waals surface area (Å²) in [5.74, 6) is -3.47. The summed E-state index contributed by atoms with van der Waals surface area (Å²) >= 11 is 0. The molecule has 90 valence electrons. The first-order valence-electron chi connectivity index (χ1n) is 4.11. The second-order valence-electron chi connectivity index (χ2n) is 3.18. The van der Waals surface area contributed by atoms with Crippen LogP contribution in [0, 0.1) is 0 Å².